The minimum Gasteiger partial charge on any atom is -0.543 e. The molecule has 1 unspecified atom stereocenters. The van der Waals surface area contributed by atoms with E-state index in [-0.39, 0.29) is 16.2 Å². The van der Waals surface area contributed by atoms with Crippen LogP contribution < -0.4 is 9.74 Å². The number of aromatic nitrogens is 3. The van der Waals surface area contributed by atoms with Gasteiger partial charge in [-0.05, 0) is 71.5 Å². The van der Waals surface area contributed by atoms with Crippen molar-refractivity contribution in [3.05, 3.63) is 66.5 Å². The third-order valence-electron chi connectivity index (χ3n) is 8.40. The third kappa shape index (κ3) is 6.99. The number of nitrogens with one attached hydrogen (secondary N) is 1. The number of pyridine rings is 1. The summed E-state index contributed by atoms with van der Waals surface area (Å²) in [4.78, 5) is 4.21. The Morgan fingerprint density at radius 3 is 2.27 bits per heavy atom. The minimum atomic E-state index is -2.07. The highest BCUT2D eigenvalue weighted by molar-refractivity contribution is 7.18. The molecular formula is C31H44N4O2SSi2. The van der Waals surface area contributed by atoms with Crippen LogP contribution >= 0.6 is 11.3 Å². The second-order valence-corrected chi connectivity index (χ2v) is 24.0. The molecule has 0 bridgehead atoms. The summed E-state index contributed by atoms with van der Waals surface area (Å²) in [6.07, 6.45) is 3.54. The van der Waals surface area contributed by atoms with Crippen molar-refractivity contribution >= 4 is 43.9 Å². The molecule has 0 saturated heterocycles. The molecule has 0 aliphatic carbocycles. The van der Waals surface area contributed by atoms with E-state index in [9.17, 15) is 0 Å². The first-order valence-corrected chi connectivity index (χ1v) is 20.6. The van der Waals surface area contributed by atoms with Crippen molar-refractivity contribution in [2.24, 2.45) is 0 Å². The molecule has 9 heteroatoms. The zero-order chi connectivity index (χ0) is 29.3. The maximum atomic E-state index is 6.98. The predicted molar refractivity (Wildman–Crippen MR) is 174 cm³/mol. The molecule has 0 fully saturated rings. The Morgan fingerprint density at radius 2 is 1.57 bits per heavy atom. The fourth-order valence-electron chi connectivity index (χ4n) is 3.79. The highest BCUT2D eigenvalue weighted by Gasteiger charge is 2.40. The number of fused-ring (bicyclic) bond motifs is 1. The van der Waals surface area contributed by atoms with Gasteiger partial charge in [-0.25, -0.2) is 0 Å². The van der Waals surface area contributed by atoms with Crippen LogP contribution in [0.5, 0.6) is 5.75 Å². The highest BCUT2D eigenvalue weighted by Crippen LogP contribution is 2.41. The van der Waals surface area contributed by atoms with E-state index in [1.807, 2.05) is 18.5 Å². The minimum absolute atomic E-state index is 0.0853. The standard InChI is InChI=1S/C31H44N4O2SSi2/c1-30(2,3)39(7,8)36-26-13-11-12-23(19-26)27(37-40(9,10)31(4,5)6)21-33-29-35-34-28(38-29)24-14-15-25-20-32-17-16-22(25)18-24/h11-20,27H,21H2,1-10H3,(H,33,35). The lowest BCUT2D eigenvalue weighted by atomic mass is 10.1. The summed E-state index contributed by atoms with van der Waals surface area (Å²) in [6, 6.07) is 16.8. The van der Waals surface area contributed by atoms with Gasteiger partial charge >= 0.3 is 0 Å². The molecule has 2 aromatic carbocycles. The van der Waals surface area contributed by atoms with Gasteiger partial charge in [0.2, 0.25) is 13.4 Å². The van der Waals surface area contributed by atoms with Crippen LogP contribution in [-0.4, -0.2) is 38.4 Å². The Hall–Kier alpha value is -2.60. The Bertz CT molecular complexity index is 1460. The summed E-state index contributed by atoms with van der Waals surface area (Å²) in [5.41, 5.74) is 2.16. The quantitative estimate of drug-likeness (QED) is 0.195. The molecule has 4 rings (SSSR count). The van der Waals surface area contributed by atoms with Crippen molar-refractivity contribution in [3.8, 4) is 16.3 Å². The number of nitrogens with zero attached hydrogens (tertiary/aromatic N) is 3. The second kappa shape index (κ2) is 11.4. The van der Waals surface area contributed by atoms with Gasteiger partial charge in [0.1, 0.15) is 10.8 Å². The van der Waals surface area contributed by atoms with E-state index in [4.69, 9.17) is 8.85 Å². The summed E-state index contributed by atoms with van der Waals surface area (Å²) in [5, 5.41) is 16.6. The molecule has 0 amide bonds. The Labute approximate surface area is 245 Å². The predicted octanol–water partition coefficient (Wildman–Crippen LogP) is 9.31. The molecule has 0 radical (unpaired) electrons. The van der Waals surface area contributed by atoms with Crippen molar-refractivity contribution in [2.75, 3.05) is 11.9 Å². The lowest BCUT2D eigenvalue weighted by Crippen LogP contribution is -2.44. The molecule has 1 atom stereocenters. The first kappa shape index (κ1) is 30.4. The molecule has 4 aromatic rings. The molecule has 0 aliphatic rings. The van der Waals surface area contributed by atoms with E-state index in [1.54, 1.807) is 11.3 Å². The van der Waals surface area contributed by atoms with Gasteiger partial charge in [0.15, 0.2) is 8.32 Å². The number of hydrogen-bond donors (Lipinski definition) is 1. The van der Waals surface area contributed by atoms with Crippen molar-refractivity contribution in [3.63, 3.8) is 0 Å². The number of benzene rings is 2. The van der Waals surface area contributed by atoms with Crippen LogP contribution in [-0.2, 0) is 4.43 Å². The molecule has 0 saturated carbocycles. The van der Waals surface area contributed by atoms with Gasteiger partial charge in [-0.15, -0.1) is 10.2 Å². The molecule has 6 nitrogen and oxygen atoms in total. The van der Waals surface area contributed by atoms with Gasteiger partial charge in [-0.3, -0.25) is 4.98 Å². The van der Waals surface area contributed by atoms with Crippen molar-refractivity contribution in [1.82, 2.24) is 15.2 Å². The van der Waals surface area contributed by atoms with E-state index in [2.05, 4.69) is 131 Å². The summed E-state index contributed by atoms with van der Waals surface area (Å²) >= 11 is 1.56. The number of hydrogen-bond acceptors (Lipinski definition) is 7. The first-order chi connectivity index (χ1) is 18.6. The summed E-state index contributed by atoms with van der Waals surface area (Å²) < 4.78 is 13.6. The van der Waals surface area contributed by atoms with Crippen LogP contribution in [0, 0.1) is 0 Å². The molecule has 0 aliphatic heterocycles. The molecule has 214 valence electrons. The average Bonchev–Trinajstić information content (AvgIpc) is 3.34. The first-order valence-electron chi connectivity index (χ1n) is 13.9. The topological polar surface area (TPSA) is 69.2 Å². The largest absolute Gasteiger partial charge is 0.543 e. The second-order valence-electron chi connectivity index (χ2n) is 13.5. The van der Waals surface area contributed by atoms with Gasteiger partial charge in [-0.2, -0.15) is 0 Å². The van der Waals surface area contributed by atoms with Crippen molar-refractivity contribution in [1.29, 1.82) is 0 Å². The van der Waals surface area contributed by atoms with Crippen molar-refractivity contribution in [2.45, 2.75) is 83.9 Å². The van der Waals surface area contributed by atoms with Crippen molar-refractivity contribution < 1.29 is 8.85 Å². The zero-order valence-electron chi connectivity index (χ0n) is 25.6. The number of rotatable bonds is 9. The smallest absolute Gasteiger partial charge is 0.250 e. The molecule has 1 N–H and O–H groups in total. The van der Waals surface area contributed by atoms with E-state index in [0.29, 0.717) is 6.54 Å². The molecule has 0 spiro atoms. The summed E-state index contributed by atoms with van der Waals surface area (Å²) in [6.45, 7) is 23.4. The normalized spacial score (nSPS) is 13.8. The van der Waals surface area contributed by atoms with Gasteiger partial charge in [0, 0.05) is 29.9 Å². The van der Waals surface area contributed by atoms with Gasteiger partial charge in [0.05, 0.1) is 6.10 Å². The Balaban J connectivity index is 1.57. The average molecular weight is 593 g/mol. The zero-order valence-corrected chi connectivity index (χ0v) is 28.4. The number of anilines is 1. The van der Waals surface area contributed by atoms with Crippen LogP contribution in [0.4, 0.5) is 5.13 Å². The third-order valence-corrected chi connectivity index (χ3v) is 18.2. The lowest BCUT2D eigenvalue weighted by molar-refractivity contribution is 0.195. The molecule has 2 aromatic heterocycles. The fourth-order valence-corrected chi connectivity index (χ4v) is 6.85. The van der Waals surface area contributed by atoms with E-state index in [0.717, 1.165) is 37.8 Å². The lowest BCUT2D eigenvalue weighted by Gasteiger charge is -2.40. The monoisotopic (exact) mass is 592 g/mol. The highest BCUT2D eigenvalue weighted by atomic mass is 32.1. The van der Waals surface area contributed by atoms with Crippen LogP contribution in [0.2, 0.25) is 36.3 Å². The maximum Gasteiger partial charge on any atom is 0.250 e. The Morgan fingerprint density at radius 1 is 0.850 bits per heavy atom. The van der Waals surface area contributed by atoms with E-state index in [1.165, 1.54) is 0 Å². The maximum absolute atomic E-state index is 6.98. The Kier molecular flexibility index (Phi) is 8.62. The SMILES string of the molecule is CC(C)(C)[Si](C)(C)Oc1cccc(C(CNc2nnc(-c3ccc4cnccc4c3)s2)O[Si](C)(C)C(C)(C)C)c1. The fraction of sp³-hybridized carbons (Fsp3) is 0.452. The van der Waals surface area contributed by atoms with Gasteiger partial charge < -0.3 is 14.2 Å². The van der Waals surface area contributed by atoms with E-state index < -0.39 is 16.6 Å². The summed E-state index contributed by atoms with van der Waals surface area (Å²) in [7, 11) is -4.03. The van der Waals surface area contributed by atoms with Crippen LogP contribution in [0.15, 0.2) is 60.9 Å². The molecule has 40 heavy (non-hydrogen) atoms. The van der Waals surface area contributed by atoms with Crippen LogP contribution in [0.3, 0.4) is 0 Å². The van der Waals surface area contributed by atoms with E-state index >= 15 is 0 Å². The van der Waals surface area contributed by atoms with Crippen LogP contribution in [0.1, 0.15) is 53.2 Å². The van der Waals surface area contributed by atoms with Crippen LogP contribution in [0.25, 0.3) is 21.3 Å². The molecule has 2 heterocycles. The summed E-state index contributed by atoms with van der Waals surface area (Å²) in [5.74, 6) is 0.914. The molecular weight excluding hydrogens is 549 g/mol. The van der Waals surface area contributed by atoms with Gasteiger partial charge in [0.25, 0.3) is 0 Å². The van der Waals surface area contributed by atoms with Gasteiger partial charge in [-0.1, -0.05) is 77.1 Å².